The number of carbonyl (C=O) groups excluding carboxylic acids is 1. The van der Waals surface area contributed by atoms with Crippen LogP contribution in [-0.4, -0.2) is 32.7 Å². The Hall–Kier alpha value is -3.40. The van der Waals surface area contributed by atoms with Crippen molar-refractivity contribution in [2.45, 2.75) is 32.2 Å². The average Bonchev–Trinajstić information content (AvgIpc) is 3.65. The van der Waals surface area contributed by atoms with Crippen LogP contribution in [0, 0.1) is 23.7 Å². The molecule has 5 rings (SSSR count). The number of carbonyl (C=O) groups is 1. The van der Waals surface area contributed by atoms with E-state index in [1.54, 1.807) is 18.6 Å². The van der Waals surface area contributed by atoms with E-state index in [1.807, 2.05) is 24.0 Å². The zero-order chi connectivity index (χ0) is 20.0. The summed E-state index contributed by atoms with van der Waals surface area (Å²) in [7, 11) is 1.82. The van der Waals surface area contributed by atoms with Crippen LogP contribution in [0.4, 0.5) is 11.6 Å². The summed E-state index contributed by atoms with van der Waals surface area (Å²) < 4.78 is 1.99. The van der Waals surface area contributed by atoms with Crippen molar-refractivity contribution in [2.75, 3.05) is 17.7 Å². The number of fused-ring (bicyclic) bond motifs is 1. The van der Waals surface area contributed by atoms with Crippen molar-refractivity contribution in [3.63, 3.8) is 0 Å². The molecule has 0 aromatic carbocycles. The lowest BCUT2D eigenvalue weighted by Gasteiger charge is -2.09. The molecule has 1 amide bonds. The minimum atomic E-state index is 0.0346. The first-order valence-corrected chi connectivity index (χ1v) is 9.96. The SMILES string of the molecule is CNc1ncc(C#Cc2cnn(C3CC3)c2)c2cc(NC(=O)[C@H]3C[C@H]3C)ncc12. The van der Waals surface area contributed by atoms with Gasteiger partial charge in [-0.2, -0.15) is 5.10 Å². The smallest absolute Gasteiger partial charge is 0.228 e. The summed E-state index contributed by atoms with van der Waals surface area (Å²) in [6, 6.07) is 2.41. The third-order valence-corrected chi connectivity index (χ3v) is 5.57. The predicted octanol–water partition coefficient (Wildman–Crippen LogP) is 3.20. The molecule has 0 unspecified atom stereocenters. The van der Waals surface area contributed by atoms with Gasteiger partial charge in [-0.25, -0.2) is 9.97 Å². The van der Waals surface area contributed by atoms with Crippen LogP contribution in [0.2, 0.25) is 0 Å². The van der Waals surface area contributed by atoms with Gasteiger partial charge in [0.2, 0.25) is 5.91 Å². The highest BCUT2D eigenvalue weighted by molar-refractivity contribution is 5.99. The van der Waals surface area contributed by atoms with E-state index < -0.39 is 0 Å². The molecule has 2 aliphatic rings. The Morgan fingerprint density at radius 1 is 1.17 bits per heavy atom. The highest BCUT2D eigenvalue weighted by Crippen LogP contribution is 2.38. The molecule has 2 atom stereocenters. The van der Waals surface area contributed by atoms with Gasteiger partial charge in [-0.05, 0) is 31.2 Å². The lowest BCUT2D eigenvalue weighted by atomic mass is 10.1. The molecule has 0 aliphatic heterocycles. The Bertz CT molecular complexity index is 1170. The number of hydrogen-bond acceptors (Lipinski definition) is 5. The van der Waals surface area contributed by atoms with E-state index in [0.717, 1.165) is 34.1 Å². The topological polar surface area (TPSA) is 84.7 Å². The number of hydrogen-bond donors (Lipinski definition) is 2. The van der Waals surface area contributed by atoms with Crippen molar-refractivity contribution in [1.82, 2.24) is 19.7 Å². The molecule has 0 radical (unpaired) electrons. The van der Waals surface area contributed by atoms with Gasteiger partial charge in [-0.1, -0.05) is 18.8 Å². The van der Waals surface area contributed by atoms with Gasteiger partial charge in [0, 0.05) is 42.3 Å². The molecular weight excluding hydrogens is 364 g/mol. The summed E-state index contributed by atoms with van der Waals surface area (Å²) in [5.41, 5.74) is 1.67. The number of nitrogens with zero attached hydrogens (tertiary/aromatic N) is 4. The second-order valence-electron chi connectivity index (χ2n) is 7.88. The fourth-order valence-electron chi connectivity index (χ4n) is 3.49. The zero-order valence-electron chi connectivity index (χ0n) is 16.4. The summed E-state index contributed by atoms with van der Waals surface area (Å²) in [5.74, 6) is 8.26. The largest absolute Gasteiger partial charge is 0.373 e. The van der Waals surface area contributed by atoms with E-state index in [4.69, 9.17) is 0 Å². The Balaban J connectivity index is 1.49. The van der Waals surface area contributed by atoms with Gasteiger partial charge in [-0.3, -0.25) is 9.48 Å². The van der Waals surface area contributed by atoms with Gasteiger partial charge in [-0.15, -0.1) is 0 Å². The van der Waals surface area contributed by atoms with Gasteiger partial charge in [0.25, 0.3) is 0 Å². The normalized spacial score (nSPS) is 20.1. The maximum Gasteiger partial charge on any atom is 0.228 e. The van der Waals surface area contributed by atoms with Crippen molar-refractivity contribution >= 4 is 28.3 Å². The zero-order valence-corrected chi connectivity index (χ0v) is 16.4. The molecule has 2 N–H and O–H groups in total. The van der Waals surface area contributed by atoms with Gasteiger partial charge in [0.05, 0.1) is 23.4 Å². The maximum atomic E-state index is 12.3. The first-order valence-electron chi connectivity index (χ1n) is 9.96. The molecule has 3 aromatic rings. The molecule has 2 saturated carbocycles. The molecule has 146 valence electrons. The second-order valence-corrected chi connectivity index (χ2v) is 7.88. The van der Waals surface area contributed by atoms with Crippen LogP contribution in [0.3, 0.4) is 0 Å². The molecule has 29 heavy (non-hydrogen) atoms. The fraction of sp³-hybridized carbons (Fsp3) is 0.364. The van der Waals surface area contributed by atoms with Gasteiger partial charge in [0.1, 0.15) is 11.6 Å². The Labute approximate surface area is 168 Å². The molecule has 0 spiro atoms. The van der Waals surface area contributed by atoms with E-state index in [0.29, 0.717) is 17.8 Å². The number of amides is 1. The van der Waals surface area contributed by atoms with Crippen LogP contribution in [0.15, 0.2) is 30.9 Å². The fourth-order valence-corrected chi connectivity index (χ4v) is 3.49. The van der Waals surface area contributed by atoms with Gasteiger partial charge >= 0.3 is 0 Å². The summed E-state index contributed by atoms with van der Waals surface area (Å²) >= 11 is 0. The van der Waals surface area contributed by atoms with E-state index in [2.05, 4.69) is 44.5 Å². The highest BCUT2D eigenvalue weighted by atomic mass is 16.2. The third-order valence-electron chi connectivity index (χ3n) is 5.57. The van der Waals surface area contributed by atoms with Crippen LogP contribution in [0.25, 0.3) is 10.8 Å². The minimum Gasteiger partial charge on any atom is -0.373 e. The van der Waals surface area contributed by atoms with Gasteiger partial charge < -0.3 is 10.6 Å². The van der Waals surface area contributed by atoms with Crippen LogP contribution in [0.5, 0.6) is 0 Å². The molecule has 0 saturated heterocycles. The molecular formula is C22H22N6O. The van der Waals surface area contributed by atoms with E-state index in [9.17, 15) is 4.79 Å². The first-order chi connectivity index (χ1) is 14.1. The molecule has 7 heteroatoms. The van der Waals surface area contributed by atoms with E-state index in [1.165, 1.54) is 12.8 Å². The molecule has 3 heterocycles. The van der Waals surface area contributed by atoms with Gasteiger partial charge in [0.15, 0.2) is 0 Å². The third kappa shape index (κ3) is 3.54. The van der Waals surface area contributed by atoms with Crippen molar-refractivity contribution in [3.8, 4) is 11.8 Å². The Morgan fingerprint density at radius 3 is 2.72 bits per heavy atom. The van der Waals surface area contributed by atoms with Crippen LogP contribution < -0.4 is 10.6 Å². The number of anilines is 2. The number of rotatable bonds is 4. The minimum absolute atomic E-state index is 0.0346. The predicted molar refractivity (Wildman–Crippen MR) is 111 cm³/mol. The quantitative estimate of drug-likeness (QED) is 0.673. The average molecular weight is 386 g/mol. The second kappa shape index (κ2) is 6.89. The lowest BCUT2D eigenvalue weighted by molar-refractivity contribution is -0.117. The highest BCUT2D eigenvalue weighted by Gasteiger charge is 2.39. The molecule has 0 bridgehead atoms. The van der Waals surface area contributed by atoms with Crippen molar-refractivity contribution in [3.05, 3.63) is 42.0 Å². The summed E-state index contributed by atoms with van der Waals surface area (Å²) in [5, 5.41) is 12.2. The lowest BCUT2D eigenvalue weighted by Crippen LogP contribution is -2.15. The van der Waals surface area contributed by atoms with Crippen LogP contribution in [-0.2, 0) is 4.79 Å². The molecule has 2 aliphatic carbocycles. The maximum absolute atomic E-state index is 12.3. The molecule has 3 aromatic heterocycles. The monoisotopic (exact) mass is 386 g/mol. The first kappa shape index (κ1) is 17.7. The number of nitrogens with one attached hydrogen (secondary N) is 2. The van der Waals surface area contributed by atoms with Crippen LogP contribution in [0.1, 0.15) is 43.4 Å². The summed E-state index contributed by atoms with van der Waals surface area (Å²) in [6.07, 6.45) is 10.6. The molecule has 2 fully saturated rings. The van der Waals surface area contributed by atoms with E-state index in [-0.39, 0.29) is 11.8 Å². The Morgan fingerprint density at radius 2 is 2.00 bits per heavy atom. The molecule has 7 nitrogen and oxygen atoms in total. The van der Waals surface area contributed by atoms with Crippen LogP contribution >= 0.6 is 0 Å². The van der Waals surface area contributed by atoms with Crippen molar-refractivity contribution in [2.24, 2.45) is 11.8 Å². The van der Waals surface area contributed by atoms with Crippen molar-refractivity contribution in [1.29, 1.82) is 0 Å². The summed E-state index contributed by atoms with van der Waals surface area (Å²) in [4.78, 5) is 21.2. The summed E-state index contributed by atoms with van der Waals surface area (Å²) in [6.45, 7) is 2.09. The number of aromatic nitrogens is 4. The van der Waals surface area contributed by atoms with E-state index >= 15 is 0 Å². The van der Waals surface area contributed by atoms with Crippen molar-refractivity contribution < 1.29 is 4.79 Å². The Kier molecular flexibility index (Phi) is 4.20. The number of pyridine rings is 2. The standard InChI is InChI=1S/C22H22N6O/c1-13-7-17(13)22(29)27-20-8-18-15(10-25-21(23-2)19(18)11-24-20)4-3-14-9-26-28(12-14)16-5-6-16/h8-13,16-17H,5-7H2,1-2H3,(H,23,25)(H,24,27,29)/t13-,17+/m1/s1.